The molecule has 0 aliphatic heterocycles. The van der Waals surface area contributed by atoms with E-state index in [0.717, 1.165) is 12.8 Å². The van der Waals surface area contributed by atoms with Gasteiger partial charge in [0.05, 0.1) is 0 Å². The van der Waals surface area contributed by atoms with Crippen molar-refractivity contribution >= 4 is 28.6 Å². The van der Waals surface area contributed by atoms with E-state index >= 15 is 0 Å². The third-order valence-electron chi connectivity index (χ3n) is 2.86. The highest BCUT2D eigenvalue weighted by atomic mass is 127. The van der Waals surface area contributed by atoms with Crippen molar-refractivity contribution in [3.8, 4) is 0 Å². The Hall–Kier alpha value is -0.0600. The molecule has 0 aromatic heterocycles. The molecule has 0 fully saturated rings. The number of carbonyl (C=O) groups excluding carboxylic acids is 1. The van der Waals surface area contributed by atoms with Gasteiger partial charge in [0.2, 0.25) is 0 Å². The molecule has 0 radical (unpaired) electrons. The fourth-order valence-corrected chi connectivity index (χ4v) is 2.10. The predicted octanol–water partition coefficient (Wildman–Crippen LogP) is 5.40. The Morgan fingerprint density at radius 3 is 2.28 bits per heavy atom. The molecule has 0 saturated carbocycles. The molecule has 0 spiro atoms. The number of rotatable bonds is 12. The quantitative estimate of drug-likeness (QED) is 0.152. The lowest BCUT2D eigenvalue weighted by Crippen LogP contribution is -2.01. The molecule has 18 heavy (non-hydrogen) atoms. The number of ether oxygens (including phenoxy) is 1. The van der Waals surface area contributed by atoms with Gasteiger partial charge in [-0.1, -0.05) is 51.2 Å². The third kappa shape index (κ3) is 14.0. The van der Waals surface area contributed by atoms with Crippen molar-refractivity contribution in [3.63, 3.8) is 0 Å². The summed E-state index contributed by atoms with van der Waals surface area (Å²) in [7, 11) is 0. The SMILES string of the molecule is CCCC/C=C/CCCCCCCC(=O)OCI. The van der Waals surface area contributed by atoms with Crippen molar-refractivity contribution in [1.29, 1.82) is 0 Å². The van der Waals surface area contributed by atoms with E-state index in [-0.39, 0.29) is 5.97 Å². The molecule has 3 heteroatoms. The van der Waals surface area contributed by atoms with Crippen molar-refractivity contribution in [2.45, 2.75) is 71.1 Å². The van der Waals surface area contributed by atoms with Gasteiger partial charge in [-0.05, 0) is 48.3 Å². The molecule has 0 aromatic carbocycles. The van der Waals surface area contributed by atoms with Crippen LogP contribution in [0.1, 0.15) is 71.1 Å². The van der Waals surface area contributed by atoms with Crippen LogP contribution in [0.25, 0.3) is 0 Å². The van der Waals surface area contributed by atoms with E-state index in [1.54, 1.807) is 0 Å². The number of esters is 1. The Kier molecular flexibility index (Phi) is 14.9. The number of alkyl halides is 1. The average molecular weight is 366 g/mol. The summed E-state index contributed by atoms with van der Waals surface area (Å²) in [5.74, 6) is -0.0525. The highest BCUT2D eigenvalue weighted by molar-refractivity contribution is 14.1. The van der Waals surface area contributed by atoms with Gasteiger partial charge in [0.15, 0.2) is 0 Å². The summed E-state index contributed by atoms with van der Waals surface area (Å²) < 4.78 is 5.35. The van der Waals surface area contributed by atoms with Crippen LogP contribution in [0.15, 0.2) is 12.2 Å². The van der Waals surface area contributed by atoms with Crippen molar-refractivity contribution in [2.75, 3.05) is 4.61 Å². The summed E-state index contributed by atoms with van der Waals surface area (Å²) in [5.41, 5.74) is 0. The van der Waals surface area contributed by atoms with Crippen LogP contribution in [-0.4, -0.2) is 10.6 Å². The Morgan fingerprint density at radius 2 is 1.61 bits per heavy atom. The van der Waals surface area contributed by atoms with Crippen LogP contribution in [0.4, 0.5) is 0 Å². The zero-order valence-corrected chi connectivity index (χ0v) is 13.8. The minimum atomic E-state index is -0.0525. The standard InChI is InChI=1S/C15H27IO2/c1-2-3-4-5-6-7-8-9-10-11-12-13-15(17)18-14-16/h5-6H,2-4,7-14H2,1H3/b6-5+. The third-order valence-corrected chi connectivity index (χ3v) is 3.17. The molecular weight excluding hydrogens is 339 g/mol. The summed E-state index contributed by atoms with van der Waals surface area (Å²) in [6.07, 6.45) is 16.2. The number of halogens is 1. The van der Waals surface area contributed by atoms with Crippen LogP contribution < -0.4 is 0 Å². The van der Waals surface area contributed by atoms with Crippen LogP contribution in [0, 0.1) is 0 Å². The molecule has 0 aromatic rings. The zero-order chi connectivity index (χ0) is 13.5. The van der Waals surface area contributed by atoms with Gasteiger partial charge in [-0.15, -0.1) is 0 Å². The monoisotopic (exact) mass is 366 g/mol. The predicted molar refractivity (Wildman–Crippen MR) is 86.0 cm³/mol. The van der Waals surface area contributed by atoms with Crippen LogP contribution in [0.3, 0.4) is 0 Å². The minimum Gasteiger partial charge on any atom is -0.455 e. The Balaban J connectivity index is 3.11. The molecule has 0 rings (SSSR count). The molecule has 0 saturated heterocycles. The van der Waals surface area contributed by atoms with Crippen LogP contribution >= 0.6 is 22.6 Å². The second-order valence-corrected chi connectivity index (χ2v) is 5.17. The highest BCUT2D eigenvalue weighted by Crippen LogP contribution is 2.08. The first kappa shape index (κ1) is 17.9. The van der Waals surface area contributed by atoms with Crippen molar-refractivity contribution in [2.24, 2.45) is 0 Å². The zero-order valence-electron chi connectivity index (χ0n) is 11.6. The maximum Gasteiger partial charge on any atom is 0.306 e. The molecule has 0 N–H and O–H groups in total. The van der Waals surface area contributed by atoms with Crippen molar-refractivity contribution in [3.05, 3.63) is 12.2 Å². The number of allylic oxidation sites excluding steroid dienone is 2. The molecule has 0 amide bonds. The summed E-state index contributed by atoms with van der Waals surface area (Å²) in [6, 6.07) is 0. The van der Waals surface area contributed by atoms with Gasteiger partial charge in [-0.25, -0.2) is 0 Å². The molecule has 0 heterocycles. The topological polar surface area (TPSA) is 26.3 Å². The molecule has 106 valence electrons. The maximum absolute atomic E-state index is 11.1. The normalized spacial score (nSPS) is 11.0. The molecule has 0 unspecified atom stereocenters. The van der Waals surface area contributed by atoms with Crippen molar-refractivity contribution < 1.29 is 9.53 Å². The van der Waals surface area contributed by atoms with Crippen molar-refractivity contribution in [1.82, 2.24) is 0 Å². The lowest BCUT2D eigenvalue weighted by atomic mass is 10.1. The minimum absolute atomic E-state index is 0.0525. The summed E-state index contributed by atoms with van der Waals surface area (Å²) in [6.45, 7) is 2.23. The van der Waals surface area contributed by atoms with Gasteiger partial charge in [0.1, 0.15) is 4.61 Å². The second kappa shape index (κ2) is 15.0. The summed E-state index contributed by atoms with van der Waals surface area (Å²) in [5, 5.41) is 0. The summed E-state index contributed by atoms with van der Waals surface area (Å²) >= 11 is 2.05. The maximum atomic E-state index is 11.1. The number of hydrogen-bond donors (Lipinski definition) is 0. The smallest absolute Gasteiger partial charge is 0.306 e. The van der Waals surface area contributed by atoms with Gasteiger partial charge in [0.25, 0.3) is 0 Å². The number of hydrogen-bond acceptors (Lipinski definition) is 2. The Labute approximate surface area is 126 Å². The lowest BCUT2D eigenvalue weighted by molar-refractivity contribution is -0.141. The molecule has 2 nitrogen and oxygen atoms in total. The first-order chi connectivity index (χ1) is 8.81. The van der Waals surface area contributed by atoms with Gasteiger partial charge in [0, 0.05) is 6.42 Å². The van der Waals surface area contributed by atoms with E-state index < -0.39 is 0 Å². The molecule has 0 aliphatic rings. The first-order valence-electron chi connectivity index (χ1n) is 7.17. The Morgan fingerprint density at radius 1 is 1.00 bits per heavy atom. The van der Waals surface area contributed by atoms with Gasteiger partial charge < -0.3 is 4.74 Å². The fourth-order valence-electron chi connectivity index (χ4n) is 1.75. The average Bonchev–Trinajstić information content (AvgIpc) is 2.36. The van der Waals surface area contributed by atoms with E-state index in [0.29, 0.717) is 11.0 Å². The van der Waals surface area contributed by atoms with Crippen LogP contribution in [-0.2, 0) is 9.53 Å². The van der Waals surface area contributed by atoms with Crippen LogP contribution in [0.2, 0.25) is 0 Å². The van der Waals surface area contributed by atoms with E-state index in [1.807, 2.05) is 22.6 Å². The molecule has 0 bridgehead atoms. The van der Waals surface area contributed by atoms with Gasteiger partial charge in [-0.2, -0.15) is 0 Å². The van der Waals surface area contributed by atoms with E-state index in [4.69, 9.17) is 4.74 Å². The fraction of sp³-hybridized carbons (Fsp3) is 0.800. The number of carbonyl (C=O) groups is 1. The Bertz CT molecular complexity index is 215. The van der Waals surface area contributed by atoms with E-state index in [9.17, 15) is 4.79 Å². The molecule has 0 atom stereocenters. The van der Waals surface area contributed by atoms with Gasteiger partial charge >= 0.3 is 5.97 Å². The van der Waals surface area contributed by atoms with Crippen LogP contribution in [0.5, 0.6) is 0 Å². The molecular formula is C15H27IO2. The lowest BCUT2D eigenvalue weighted by Gasteiger charge is -2.01. The first-order valence-corrected chi connectivity index (χ1v) is 8.70. The largest absolute Gasteiger partial charge is 0.455 e. The highest BCUT2D eigenvalue weighted by Gasteiger charge is 2.00. The number of unbranched alkanes of at least 4 members (excludes halogenated alkanes) is 7. The van der Waals surface area contributed by atoms with E-state index in [2.05, 4.69) is 19.1 Å². The molecule has 0 aliphatic carbocycles. The summed E-state index contributed by atoms with van der Waals surface area (Å²) in [4.78, 5) is 11.1. The van der Waals surface area contributed by atoms with E-state index in [1.165, 1.54) is 44.9 Å². The second-order valence-electron chi connectivity index (χ2n) is 4.55. The van der Waals surface area contributed by atoms with Gasteiger partial charge in [-0.3, -0.25) is 4.79 Å².